The van der Waals surface area contributed by atoms with Gasteiger partial charge >= 0.3 is 5.97 Å². The van der Waals surface area contributed by atoms with E-state index in [4.69, 9.17) is 4.74 Å². The zero-order chi connectivity index (χ0) is 20.1. The molecule has 0 bridgehead atoms. The smallest absolute Gasteiger partial charge is 0.305 e. The first-order chi connectivity index (χ1) is 13.3. The lowest BCUT2D eigenvalue weighted by Crippen LogP contribution is -2.52. The van der Waals surface area contributed by atoms with Crippen LogP contribution in [0.5, 0.6) is 0 Å². The van der Waals surface area contributed by atoms with Crippen LogP contribution in [0, 0.1) is 46.3 Å². The van der Waals surface area contributed by atoms with Gasteiger partial charge in [-0.15, -0.1) is 0 Å². The van der Waals surface area contributed by atoms with Crippen molar-refractivity contribution in [3.05, 3.63) is 12.2 Å². The van der Waals surface area contributed by atoms with Crippen LogP contribution in [-0.2, 0) is 9.53 Å². The van der Waals surface area contributed by atoms with Gasteiger partial charge in [0, 0.05) is 6.42 Å². The molecule has 1 N–H and O–H groups in total. The lowest BCUT2D eigenvalue weighted by molar-refractivity contribution is -0.141. The molecule has 28 heavy (non-hydrogen) atoms. The first kappa shape index (κ1) is 20.4. The summed E-state index contributed by atoms with van der Waals surface area (Å²) in [6.45, 7) is 7.39. The predicted molar refractivity (Wildman–Crippen MR) is 112 cm³/mol. The quantitative estimate of drug-likeness (QED) is 0.520. The monoisotopic (exact) mass is 388 g/mol. The number of fused-ring (bicyclic) bond motifs is 5. The zero-order valence-corrected chi connectivity index (χ0v) is 18.3. The molecule has 0 amide bonds. The van der Waals surface area contributed by atoms with Crippen molar-refractivity contribution in [3.8, 4) is 0 Å². The number of aliphatic hydroxyl groups excluding tert-OH is 1. The Morgan fingerprint density at radius 3 is 2.75 bits per heavy atom. The molecule has 4 aliphatic carbocycles. The molecule has 3 nitrogen and oxygen atoms in total. The number of carbonyl (C=O) groups is 1. The maximum absolute atomic E-state index is 11.6. The zero-order valence-electron chi connectivity index (χ0n) is 18.3. The average Bonchev–Trinajstić information content (AvgIpc) is 3.03. The summed E-state index contributed by atoms with van der Waals surface area (Å²) in [6.07, 6.45) is 15.1. The molecule has 0 aromatic carbocycles. The van der Waals surface area contributed by atoms with E-state index in [1.807, 2.05) is 0 Å². The molecule has 0 heterocycles. The van der Waals surface area contributed by atoms with Gasteiger partial charge in [-0.25, -0.2) is 0 Å². The number of ether oxygens (including phenoxy) is 1. The Morgan fingerprint density at radius 1 is 1.21 bits per heavy atom. The Balaban J connectivity index is 1.53. The second-order valence-electron chi connectivity index (χ2n) is 11.0. The number of rotatable bonds is 4. The minimum atomic E-state index is -0.0727. The third-order valence-corrected chi connectivity index (χ3v) is 9.86. The van der Waals surface area contributed by atoms with Crippen LogP contribution in [-0.4, -0.2) is 24.3 Å². The van der Waals surface area contributed by atoms with Gasteiger partial charge in [-0.2, -0.15) is 0 Å². The number of methoxy groups -OCH3 is 1. The Hall–Kier alpha value is -0.830. The number of esters is 1. The fourth-order valence-electron chi connectivity index (χ4n) is 8.20. The van der Waals surface area contributed by atoms with Crippen LogP contribution in [0.1, 0.15) is 78.6 Å². The topological polar surface area (TPSA) is 46.5 Å². The van der Waals surface area contributed by atoms with Crippen LogP contribution >= 0.6 is 0 Å². The minimum absolute atomic E-state index is 0.0704. The summed E-state index contributed by atoms with van der Waals surface area (Å²) in [6, 6.07) is 0. The van der Waals surface area contributed by atoms with E-state index in [9.17, 15) is 9.90 Å². The standard InChI is InChI=1S/C25H40O3/c1-16(5-10-23(27)28-4)20-8-9-21-19-7-6-17-15-18(26)11-13-24(17,2)22(19)12-14-25(20,21)3/h12,14,16-22,26H,5-11,13,15H2,1-4H3. The molecule has 0 saturated heterocycles. The molecule has 0 radical (unpaired) electrons. The summed E-state index contributed by atoms with van der Waals surface area (Å²) in [5, 5.41) is 10.2. The van der Waals surface area contributed by atoms with Gasteiger partial charge in [0.05, 0.1) is 13.2 Å². The second kappa shape index (κ2) is 7.45. The summed E-state index contributed by atoms with van der Waals surface area (Å²) in [5.74, 6) is 4.16. The fraction of sp³-hybridized carbons (Fsp3) is 0.880. The van der Waals surface area contributed by atoms with Crippen LogP contribution < -0.4 is 0 Å². The number of hydrogen-bond acceptors (Lipinski definition) is 3. The van der Waals surface area contributed by atoms with E-state index in [0.29, 0.717) is 35.5 Å². The molecule has 158 valence electrons. The highest BCUT2D eigenvalue weighted by Crippen LogP contribution is 2.66. The molecule has 3 heteroatoms. The SMILES string of the molecule is COC(=O)CCC(C)C1CCC2C3CCC4CC(O)CCC4(C)C3C=CC12C. The van der Waals surface area contributed by atoms with Gasteiger partial charge < -0.3 is 9.84 Å². The average molecular weight is 389 g/mol. The fourth-order valence-corrected chi connectivity index (χ4v) is 8.20. The molecular formula is C25H40O3. The third-order valence-electron chi connectivity index (χ3n) is 9.86. The third kappa shape index (κ3) is 3.16. The van der Waals surface area contributed by atoms with Gasteiger partial charge in [0.1, 0.15) is 0 Å². The summed E-state index contributed by atoms with van der Waals surface area (Å²) in [4.78, 5) is 11.6. The van der Waals surface area contributed by atoms with E-state index >= 15 is 0 Å². The van der Waals surface area contributed by atoms with Crippen molar-refractivity contribution in [2.45, 2.75) is 84.7 Å². The highest BCUT2D eigenvalue weighted by molar-refractivity contribution is 5.69. The van der Waals surface area contributed by atoms with Gasteiger partial charge in [0.25, 0.3) is 0 Å². The number of hydrogen-bond donors (Lipinski definition) is 1. The number of allylic oxidation sites excluding steroid dienone is 2. The van der Waals surface area contributed by atoms with Gasteiger partial charge in [-0.3, -0.25) is 4.79 Å². The van der Waals surface area contributed by atoms with Crippen molar-refractivity contribution in [1.82, 2.24) is 0 Å². The van der Waals surface area contributed by atoms with Crippen LogP contribution in [0.4, 0.5) is 0 Å². The van der Waals surface area contributed by atoms with Crippen molar-refractivity contribution in [3.63, 3.8) is 0 Å². The Morgan fingerprint density at radius 2 is 2.00 bits per heavy atom. The molecule has 3 fully saturated rings. The molecule has 4 rings (SSSR count). The summed E-state index contributed by atoms with van der Waals surface area (Å²) in [7, 11) is 1.49. The molecule has 9 atom stereocenters. The van der Waals surface area contributed by atoms with Crippen molar-refractivity contribution >= 4 is 5.97 Å². The van der Waals surface area contributed by atoms with Gasteiger partial charge in [-0.1, -0.05) is 32.9 Å². The summed E-state index contributed by atoms with van der Waals surface area (Å²) in [5.41, 5.74) is 0.669. The molecule has 0 aliphatic heterocycles. The maximum Gasteiger partial charge on any atom is 0.305 e. The predicted octanol–water partition coefficient (Wildman–Crippen LogP) is 5.37. The van der Waals surface area contributed by atoms with Crippen LogP contribution in [0.2, 0.25) is 0 Å². The van der Waals surface area contributed by atoms with Gasteiger partial charge in [-0.05, 0) is 97.7 Å². The molecule has 0 spiro atoms. The maximum atomic E-state index is 11.6. The van der Waals surface area contributed by atoms with Crippen molar-refractivity contribution in [1.29, 1.82) is 0 Å². The lowest BCUT2D eigenvalue weighted by atomic mass is 9.46. The van der Waals surface area contributed by atoms with Crippen LogP contribution in [0.25, 0.3) is 0 Å². The van der Waals surface area contributed by atoms with E-state index < -0.39 is 0 Å². The first-order valence-corrected chi connectivity index (χ1v) is 11.7. The Labute approximate surface area is 171 Å². The first-order valence-electron chi connectivity index (χ1n) is 11.7. The minimum Gasteiger partial charge on any atom is -0.469 e. The van der Waals surface area contributed by atoms with Crippen molar-refractivity contribution in [2.24, 2.45) is 46.3 Å². The molecule has 0 aromatic heterocycles. The number of carbonyl (C=O) groups excluding carboxylic acids is 1. The summed E-state index contributed by atoms with van der Waals surface area (Å²) >= 11 is 0. The van der Waals surface area contributed by atoms with Crippen molar-refractivity contribution in [2.75, 3.05) is 7.11 Å². The molecule has 4 aliphatic rings. The van der Waals surface area contributed by atoms with Gasteiger partial charge in [0.2, 0.25) is 0 Å². The molecule has 3 saturated carbocycles. The summed E-state index contributed by atoms with van der Waals surface area (Å²) < 4.78 is 4.86. The lowest BCUT2D eigenvalue weighted by Gasteiger charge is -2.58. The largest absolute Gasteiger partial charge is 0.469 e. The van der Waals surface area contributed by atoms with Crippen LogP contribution in [0.3, 0.4) is 0 Å². The second-order valence-corrected chi connectivity index (χ2v) is 11.0. The highest BCUT2D eigenvalue weighted by atomic mass is 16.5. The van der Waals surface area contributed by atoms with E-state index in [-0.39, 0.29) is 17.5 Å². The van der Waals surface area contributed by atoms with E-state index in [1.54, 1.807) is 0 Å². The van der Waals surface area contributed by atoms with E-state index in [2.05, 4.69) is 32.9 Å². The van der Waals surface area contributed by atoms with Gasteiger partial charge in [0.15, 0.2) is 0 Å². The normalized spacial score (nSPS) is 48.3. The molecule has 9 unspecified atom stereocenters. The Kier molecular flexibility index (Phi) is 5.44. The van der Waals surface area contributed by atoms with E-state index in [0.717, 1.165) is 31.1 Å². The molecular weight excluding hydrogens is 348 g/mol. The molecule has 0 aromatic rings. The Bertz CT molecular complexity index is 627. The van der Waals surface area contributed by atoms with Crippen molar-refractivity contribution < 1.29 is 14.6 Å². The van der Waals surface area contributed by atoms with E-state index in [1.165, 1.54) is 39.2 Å². The highest BCUT2D eigenvalue weighted by Gasteiger charge is 2.58. The van der Waals surface area contributed by atoms with Crippen LogP contribution in [0.15, 0.2) is 12.2 Å². The number of aliphatic hydroxyl groups is 1.